The number of fused-ring (bicyclic) bond motifs is 1. The zero-order chi connectivity index (χ0) is 16.2. The quantitative estimate of drug-likeness (QED) is 0.750. The molecule has 1 unspecified atom stereocenters. The van der Waals surface area contributed by atoms with Crippen LogP contribution in [0.5, 0.6) is 0 Å². The van der Waals surface area contributed by atoms with Crippen LogP contribution < -0.4 is 4.90 Å². The minimum absolute atomic E-state index is 0.538. The van der Waals surface area contributed by atoms with Gasteiger partial charge in [0.05, 0.1) is 6.61 Å². The van der Waals surface area contributed by atoms with Crippen LogP contribution in [0.15, 0.2) is 12.4 Å². The van der Waals surface area contributed by atoms with E-state index in [4.69, 9.17) is 4.74 Å². The highest BCUT2D eigenvalue weighted by molar-refractivity contribution is 5.47. The Bertz CT molecular complexity index is 643. The molecule has 0 amide bonds. The Morgan fingerprint density at radius 1 is 1.30 bits per heavy atom. The number of nitrogens with zero attached hydrogens (tertiary/aromatic N) is 6. The number of aromatic nitrogens is 4. The molecule has 1 atom stereocenters. The maximum atomic E-state index is 5.52. The highest BCUT2D eigenvalue weighted by atomic mass is 16.5. The molecule has 0 aromatic carbocycles. The van der Waals surface area contributed by atoms with Gasteiger partial charge in [-0.25, -0.2) is 4.98 Å². The molecule has 3 heterocycles. The molecule has 1 aliphatic heterocycles. The van der Waals surface area contributed by atoms with Gasteiger partial charge in [0.25, 0.3) is 5.78 Å². The topological polar surface area (TPSA) is 58.8 Å². The lowest BCUT2D eigenvalue weighted by Gasteiger charge is -2.42. The second-order valence-corrected chi connectivity index (χ2v) is 5.97. The molecule has 3 rings (SSSR count). The van der Waals surface area contributed by atoms with Crippen LogP contribution in [0.2, 0.25) is 0 Å². The lowest BCUT2D eigenvalue weighted by atomic mass is 10.1. The van der Waals surface area contributed by atoms with E-state index >= 15 is 0 Å². The normalized spacial score (nSPS) is 19.6. The molecular weight excluding hydrogens is 292 g/mol. The van der Waals surface area contributed by atoms with Gasteiger partial charge in [0.1, 0.15) is 12.1 Å². The van der Waals surface area contributed by atoms with Gasteiger partial charge in [0, 0.05) is 50.6 Å². The van der Waals surface area contributed by atoms with Crippen LogP contribution in [0.25, 0.3) is 5.78 Å². The fraction of sp³-hybridized carbons (Fsp3) is 0.688. The molecule has 7 nitrogen and oxygen atoms in total. The van der Waals surface area contributed by atoms with E-state index in [-0.39, 0.29) is 0 Å². The number of hydrogen-bond acceptors (Lipinski definition) is 6. The number of ether oxygens (including phenoxy) is 1. The van der Waals surface area contributed by atoms with Crippen molar-refractivity contribution >= 4 is 11.6 Å². The summed E-state index contributed by atoms with van der Waals surface area (Å²) >= 11 is 0. The molecule has 0 bridgehead atoms. The van der Waals surface area contributed by atoms with E-state index in [2.05, 4.69) is 37.9 Å². The molecule has 0 saturated carbocycles. The Morgan fingerprint density at radius 2 is 2.17 bits per heavy atom. The van der Waals surface area contributed by atoms with Gasteiger partial charge >= 0.3 is 0 Å². The standard InChI is InChI=1S/C16H26N6O/c1-4-14-11-21(7-6-20(14)8-9-23-5-2)15-10-13(3)19-16-17-12-18-22(15)16/h10,12,14H,4-9,11H2,1-3H3. The smallest absolute Gasteiger partial charge is 0.254 e. The molecule has 1 saturated heterocycles. The summed E-state index contributed by atoms with van der Waals surface area (Å²) in [6.45, 7) is 12.0. The lowest BCUT2D eigenvalue weighted by Crippen LogP contribution is -2.54. The average molecular weight is 318 g/mol. The highest BCUT2D eigenvalue weighted by Crippen LogP contribution is 2.21. The van der Waals surface area contributed by atoms with E-state index in [1.807, 2.05) is 18.4 Å². The molecule has 7 heteroatoms. The highest BCUT2D eigenvalue weighted by Gasteiger charge is 2.27. The van der Waals surface area contributed by atoms with Crippen LogP contribution in [0, 0.1) is 6.92 Å². The van der Waals surface area contributed by atoms with Crippen molar-refractivity contribution in [1.29, 1.82) is 0 Å². The molecular formula is C16H26N6O. The first-order valence-electron chi connectivity index (χ1n) is 8.47. The van der Waals surface area contributed by atoms with Crippen LogP contribution in [-0.4, -0.2) is 69.9 Å². The van der Waals surface area contributed by atoms with Gasteiger partial charge in [-0.15, -0.1) is 0 Å². The first kappa shape index (κ1) is 16.1. The Morgan fingerprint density at radius 3 is 2.96 bits per heavy atom. The summed E-state index contributed by atoms with van der Waals surface area (Å²) < 4.78 is 7.36. The third-order valence-electron chi connectivity index (χ3n) is 4.49. The Hall–Kier alpha value is -1.73. The number of aryl methyl sites for hydroxylation is 1. The van der Waals surface area contributed by atoms with E-state index in [9.17, 15) is 0 Å². The van der Waals surface area contributed by atoms with E-state index < -0.39 is 0 Å². The van der Waals surface area contributed by atoms with Gasteiger partial charge in [-0.3, -0.25) is 4.90 Å². The minimum atomic E-state index is 0.538. The van der Waals surface area contributed by atoms with Crippen molar-refractivity contribution in [1.82, 2.24) is 24.5 Å². The van der Waals surface area contributed by atoms with Crippen LogP contribution in [0.4, 0.5) is 5.82 Å². The lowest BCUT2D eigenvalue weighted by molar-refractivity contribution is 0.0868. The van der Waals surface area contributed by atoms with Crippen molar-refractivity contribution in [3.05, 3.63) is 18.1 Å². The van der Waals surface area contributed by atoms with Gasteiger partial charge in [0.15, 0.2) is 0 Å². The fourth-order valence-corrected chi connectivity index (χ4v) is 3.25. The number of piperazine rings is 1. The Kier molecular flexibility index (Phi) is 5.07. The zero-order valence-electron chi connectivity index (χ0n) is 14.3. The predicted molar refractivity (Wildman–Crippen MR) is 89.9 cm³/mol. The van der Waals surface area contributed by atoms with Crippen molar-refractivity contribution in [3.8, 4) is 0 Å². The first-order valence-corrected chi connectivity index (χ1v) is 8.47. The summed E-state index contributed by atoms with van der Waals surface area (Å²) in [5.74, 6) is 1.76. The van der Waals surface area contributed by atoms with Crippen molar-refractivity contribution in [2.45, 2.75) is 33.2 Å². The van der Waals surface area contributed by atoms with Crippen LogP contribution in [0.3, 0.4) is 0 Å². The fourth-order valence-electron chi connectivity index (χ4n) is 3.25. The second kappa shape index (κ2) is 7.23. The maximum Gasteiger partial charge on any atom is 0.254 e. The number of rotatable bonds is 6. The molecule has 2 aromatic heterocycles. The molecule has 0 spiro atoms. The largest absolute Gasteiger partial charge is 0.380 e. The summed E-state index contributed by atoms with van der Waals surface area (Å²) in [5.41, 5.74) is 0.979. The summed E-state index contributed by atoms with van der Waals surface area (Å²) in [7, 11) is 0. The van der Waals surface area contributed by atoms with Gasteiger partial charge in [-0.1, -0.05) is 6.92 Å². The van der Waals surface area contributed by atoms with Crippen molar-refractivity contribution in [3.63, 3.8) is 0 Å². The Balaban J connectivity index is 1.76. The first-order chi connectivity index (χ1) is 11.2. The summed E-state index contributed by atoms with van der Waals surface area (Å²) in [6.07, 6.45) is 2.70. The van der Waals surface area contributed by atoms with Crippen LogP contribution in [-0.2, 0) is 4.74 Å². The SMILES string of the molecule is CCOCCN1CCN(c2cc(C)nc3ncnn23)CC1CC. The van der Waals surface area contributed by atoms with Gasteiger partial charge in [-0.2, -0.15) is 14.6 Å². The number of hydrogen-bond donors (Lipinski definition) is 0. The summed E-state index contributed by atoms with van der Waals surface area (Å²) in [5, 5.41) is 4.33. The zero-order valence-corrected chi connectivity index (χ0v) is 14.3. The third-order valence-corrected chi connectivity index (χ3v) is 4.49. The van der Waals surface area contributed by atoms with Gasteiger partial charge < -0.3 is 9.64 Å². The Labute approximate surface area is 137 Å². The van der Waals surface area contributed by atoms with Gasteiger partial charge in [-0.05, 0) is 20.3 Å². The molecule has 1 aliphatic rings. The van der Waals surface area contributed by atoms with Crippen molar-refractivity contribution in [2.75, 3.05) is 44.3 Å². The van der Waals surface area contributed by atoms with Crippen molar-refractivity contribution < 1.29 is 4.74 Å². The molecule has 0 aliphatic carbocycles. The second-order valence-electron chi connectivity index (χ2n) is 5.97. The summed E-state index contributed by atoms with van der Waals surface area (Å²) in [4.78, 5) is 13.6. The van der Waals surface area contributed by atoms with E-state index in [1.54, 1.807) is 6.33 Å². The van der Waals surface area contributed by atoms with E-state index in [0.717, 1.165) is 57.3 Å². The molecule has 23 heavy (non-hydrogen) atoms. The molecule has 0 N–H and O–H groups in total. The predicted octanol–water partition coefficient (Wildman–Crippen LogP) is 1.37. The summed E-state index contributed by atoms with van der Waals surface area (Å²) in [6, 6.07) is 2.64. The van der Waals surface area contributed by atoms with Crippen molar-refractivity contribution in [2.24, 2.45) is 0 Å². The molecule has 2 aromatic rings. The molecule has 1 fully saturated rings. The van der Waals surface area contributed by atoms with Crippen LogP contribution in [0.1, 0.15) is 26.0 Å². The maximum absolute atomic E-state index is 5.52. The molecule has 0 radical (unpaired) electrons. The minimum Gasteiger partial charge on any atom is -0.380 e. The third kappa shape index (κ3) is 3.45. The van der Waals surface area contributed by atoms with Gasteiger partial charge in [0.2, 0.25) is 0 Å². The van der Waals surface area contributed by atoms with Crippen LogP contribution >= 0.6 is 0 Å². The monoisotopic (exact) mass is 318 g/mol. The molecule has 126 valence electrons. The van der Waals surface area contributed by atoms with E-state index in [0.29, 0.717) is 11.8 Å². The average Bonchev–Trinajstić information content (AvgIpc) is 3.02. The number of anilines is 1. The van der Waals surface area contributed by atoms with E-state index in [1.165, 1.54) is 0 Å².